The fourth-order valence-corrected chi connectivity index (χ4v) is 2.17. The molecule has 5 nitrogen and oxygen atoms in total. The Labute approximate surface area is 113 Å². The molecule has 0 bridgehead atoms. The van der Waals surface area contributed by atoms with Crippen LogP contribution in [0, 0.1) is 5.82 Å². The minimum Gasteiger partial charge on any atom is -0.369 e. The minimum absolute atomic E-state index is 0.0479. The summed E-state index contributed by atoms with van der Waals surface area (Å²) in [5.41, 5.74) is 7.08. The van der Waals surface area contributed by atoms with Crippen molar-refractivity contribution in [1.29, 1.82) is 0 Å². The molecule has 98 valence electrons. The van der Waals surface area contributed by atoms with Crippen LogP contribution < -0.4 is 5.73 Å². The fourth-order valence-electron chi connectivity index (χ4n) is 2.01. The molecule has 3 rings (SSSR count). The SMILES string of the molecule is Nc1nc2cc(Cl)c(F)cc2n1CCn1ccnc1. The number of nitrogens with zero attached hydrogens (tertiary/aromatic N) is 4. The van der Waals surface area contributed by atoms with Crippen LogP contribution in [0.3, 0.4) is 0 Å². The summed E-state index contributed by atoms with van der Waals surface area (Å²) < 4.78 is 17.2. The van der Waals surface area contributed by atoms with Gasteiger partial charge in [0, 0.05) is 31.5 Å². The summed E-state index contributed by atoms with van der Waals surface area (Å²) in [6.45, 7) is 1.26. The van der Waals surface area contributed by atoms with Gasteiger partial charge in [-0.2, -0.15) is 0 Å². The van der Waals surface area contributed by atoms with Crippen molar-refractivity contribution in [3.8, 4) is 0 Å². The van der Waals surface area contributed by atoms with Gasteiger partial charge in [-0.25, -0.2) is 14.4 Å². The molecule has 1 aromatic carbocycles. The Morgan fingerprint density at radius 2 is 2.16 bits per heavy atom. The van der Waals surface area contributed by atoms with E-state index in [9.17, 15) is 4.39 Å². The zero-order valence-electron chi connectivity index (χ0n) is 9.92. The van der Waals surface area contributed by atoms with Crippen molar-refractivity contribution in [3.05, 3.63) is 41.7 Å². The summed E-state index contributed by atoms with van der Waals surface area (Å²) in [5, 5.41) is 0.0479. The standard InChI is InChI=1S/C12H11ClFN5/c13-8-5-10-11(6-9(8)14)19(12(15)17-10)4-3-18-2-1-16-7-18/h1-2,5-7H,3-4H2,(H2,15,17). The highest BCUT2D eigenvalue weighted by Crippen LogP contribution is 2.24. The summed E-state index contributed by atoms with van der Waals surface area (Å²) in [6, 6.07) is 2.84. The van der Waals surface area contributed by atoms with Crippen molar-refractivity contribution in [1.82, 2.24) is 19.1 Å². The van der Waals surface area contributed by atoms with Crippen LogP contribution in [0.25, 0.3) is 11.0 Å². The van der Waals surface area contributed by atoms with E-state index >= 15 is 0 Å². The predicted octanol–water partition coefficient (Wildman–Crippen LogP) is 2.31. The van der Waals surface area contributed by atoms with Gasteiger partial charge < -0.3 is 14.9 Å². The second kappa shape index (κ2) is 4.55. The van der Waals surface area contributed by atoms with Gasteiger partial charge in [-0.3, -0.25) is 0 Å². The quantitative estimate of drug-likeness (QED) is 0.800. The van der Waals surface area contributed by atoms with Crippen LogP contribution in [0.5, 0.6) is 0 Å². The third-order valence-electron chi connectivity index (χ3n) is 2.96. The molecule has 2 aromatic heterocycles. The topological polar surface area (TPSA) is 61.7 Å². The molecule has 0 fully saturated rings. The number of imidazole rings is 2. The molecular formula is C12H11ClFN5. The Kier molecular flexibility index (Phi) is 2.87. The lowest BCUT2D eigenvalue weighted by molar-refractivity contribution is 0.591. The van der Waals surface area contributed by atoms with E-state index in [-0.39, 0.29) is 5.02 Å². The molecular weight excluding hydrogens is 269 g/mol. The van der Waals surface area contributed by atoms with Gasteiger partial charge in [0.1, 0.15) is 5.82 Å². The molecule has 2 heterocycles. The van der Waals surface area contributed by atoms with E-state index in [4.69, 9.17) is 17.3 Å². The van der Waals surface area contributed by atoms with Crippen LogP contribution >= 0.6 is 11.6 Å². The Morgan fingerprint density at radius 3 is 2.89 bits per heavy atom. The number of aryl methyl sites for hydroxylation is 2. The Balaban J connectivity index is 1.98. The van der Waals surface area contributed by atoms with Crippen LogP contribution in [0.4, 0.5) is 10.3 Å². The minimum atomic E-state index is -0.474. The summed E-state index contributed by atoms with van der Waals surface area (Å²) in [5.74, 6) is -0.130. The van der Waals surface area contributed by atoms with Crippen molar-refractivity contribution < 1.29 is 4.39 Å². The van der Waals surface area contributed by atoms with E-state index < -0.39 is 5.82 Å². The van der Waals surface area contributed by atoms with Crippen molar-refractivity contribution in [2.24, 2.45) is 0 Å². The first-order chi connectivity index (χ1) is 9.15. The van der Waals surface area contributed by atoms with Crippen molar-refractivity contribution in [2.75, 3.05) is 5.73 Å². The Bertz CT molecular complexity index is 719. The molecule has 0 saturated heterocycles. The molecule has 0 aliphatic carbocycles. The van der Waals surface area contributed by atoms with E-state index in [0.29, 0.717) is 30.1 Å². The van der Waals surface area contributed by atoms with Gasteiger partial charge in [0.15, 0.2) is 0 Å². The highest BCUT2D eigenvalue weighted by atomic mass is 35.5. The maximum atomic E-state index is 13.5. The number of hydrogen-bond donors (Lipinski definition) is 1. The summed E-state index contributed by atoms with van der Waals surface area (Å²) in [4.78, 5) is 8.14. The van der Waals surface area contributed by atoms with Gasteiger partial charge >= 0.3 is 0 Å². The molecule has 0 radical (unpaired) electrons. The number of aromatic nitrogens is 4. The molecule has 0 saturated carbocycles. The molecule has 0 aliphatic heterocycles. The van der Waals surface area contributed by atoms with E-state index in [1.807, 2.05) is 10.8 Å². The third-order valence-corrected chi connectivity index (χ3v) is 3.25. The number of hydrogen-bond acceptors (Lipinski definition) is 3. The summed E-state index contributed by atoms with van der Waals surface area (Å²) >= 11 is 5.73. The first-order valence-electron chi connectivity index (χ1n) is 5.71. The fraction of sp³-hybridized carbons (Fsp3) is 0.167. The second-order valence-electron chi connectivity index (χ2n) is 4.18. The number of rotatable bonds is 3. The van der Waals surface area contributed by atoms with Crippen LogP contribution in [0.2, 0.25) is 5.02 Å². The maximum absolute atomic E-state index is 13.5. The molecule has 7 heteroatoms. The monoisotopic (exact) mass is 279 g/mol. The zero-order chi connectivity index (χ0) is 13.4. The summed E-state index contributed by atoms with van der Waals surface area (Å²) in [7, 11) is 0. The van der Waals surface area contributed by atoms with E-state index in [2.05, 4.69) is 9.97 Å². The van der Waals surface area contributed by atoms with Gasteiger partial charge in [-0.05, 0) is 6.07 Å². The molecule has 0 spiro atoms. The molecule has 3 aromatic rings. The van der Waals surface area contributed by atoms with Crippen LogP contribution in [0.1, 0.15) is 0 Å². The highest BCUT2D eigenvalue weighted by Gasteiger charge is 2.11. The number of fused-ring (bicyclic) bond motifs is 1. The maximum Gasteiger partial charge on any atom is 0.201 e. The lowest BCUT2D eigenvalue weighted by Gasteiger charge is -2.07. The van der Waals surface area contributed by atoms with Gasteiger partial charge in [0.25, 0.3) is 0 Å². The molecule has 2 N–H and O–H groups in total. The number of anilines is 1. The lowest BCUT2D eigenvalue weighted by Crippen LogP contribution is -2.08. The normalized spacial score (nSPS) is 11.3. The second-order valence-corrected chi connectivity index (χ2v) is 4.58. The third kappa shape index (κ3) is 2.15. The molecule has 0 unspecified atom stereocenters. The summed E-state index contributed by atoms with van der Waals surface area (Å²) in [6.07, 6.45) is 5.27. The van der Waals surface area contributed by atoms with Gasteiger partial charge in [-0.1, -0.05) is 11.6 Å². The van der Waals surface area contributed by atoms with E-state index in [1.165, 1.54) is 12.1 Å². The van der Waals surface area contributed by atoms with Gasteiger partial charge in [0.05, 0.1) is 22.4 Å². The number of nitrogen functional groups attached to an aromatic ring is 1. The van der Waals surface area contributed by atoms with E-state index in [0.717, 1.165) is 0 Å². The average Bonchev–Trinajstić information content (AvgIpc) is 2.96. The number of benzene rings is 1. The molecule has 0 aliphatic rings. The highest BCUT2D eigenvalue weighted by molar-refractivity contribution is 6.31. The molecule has 19 heavy (non-hydrogen) atoms. The van der Waals surface area contributed by atoms with Crippen molar-refractivity contribution in [3.63, 3.8) is 0 Å². The average molecular weight is 280 g/mol. The molecule has 0 amide bonds. The number of halogens is 2. The van der Waals surface area contributed by atoms with Crippen LogP contribution in [-0.4, -0.2) is 19.1 Å². The lowest BCUT2D eigenvalue weighted by atomic mass is 10.3. The first-order valence-corrected chi connectivity index (χ1v) is 6.09. The predicted molar refractivity (Wildman–Crippen MR) is 71.3 cm³/mol. The van der Waals surface area contributed by atoms with Gasteiger partial charge in [-0.15, -0.1) is 0 Å². The molecule has 0 atom stereocenters. The van der Waals surface area contributed by atoms with Gasteiger partial charge in [0.2, 0.25) is 5.95 Å². The number of nitrogens with two attached hydrogens (primary N) is 1. The Hall–Kier alpha value is -2.08. The zero-order valence-corrected chi connectivity index (χ0v) is 10.7. The van der Waals surface area contributed by atoms with Crippen molar-refractivity contribution >= 4 is 28.6 Å². The van der Waals surface area contributed by atoms with Crippen LogP contribution in [-0.2, 0) is 13.1 Å². The largest absolute Gasteiger partial charge is 0.369 e. The Morgan fingerprint density at radius 1 is 1.32 bits per heavy atom. The van der Waals surface area contributed by atoms with E-state index in [1.54, 1.807) is 17.1 Å². The first kappa shape index (κ1) is 12.0. The van der Waals surface area contributed by atoms with Crippen LogP contribution in [0.15, 0.2) is 30.9 Å². The smallest absolute Gasteiger partial charge is 0.201 e. The van der Waals surface area contributed by atoms with Crippen molar-refractivity contribution in [2.45, 2.75) is 13.1 Å².